The van der Waals surface area contributed by atoms with Crippen LogP contribution in [0.5, 0.6) is 0 Å². The Balaban J connectivity index is 2.85. The summed E-state index contributed by atoms with van der Waals surface area (Å²) in [6.45, 7) is 4.09. The number of aryl methyl sites for hydroxylation is 2. The topological polar surface area (TPSA) is 50.9 Å². The van der Waals surface area contributed by atoms with Crippen LogP contribution in [0, 0.1) is 13.8 Å². The van der Waals surface area contributed by atoms with E-state index in [4.69, 9.17) is 5.84 Å². The summed E-state index contributed by atoms with van der Waals surface area (Å²) in [6.07, 6.45) is 0. The summed E-state index contributed by atoms with van der Waals surface area (Å²) in [5, 5.41) is 1.15. The Morgan fingerprint density at radius 3 is 2.60 bits per heavy atom. The van der Waals surface area contributed by atoms with Crippen LogP contribution in [0.2, 0.25) is 0 Å². The van der Waals surface area contributed by atoms with E-state index in [2.05, 4.69) is 45.4 Å². The third-order valence-corrected chi connectivity index (χ3v) is 2.88. The summed E-state index contributed by atoms with van der Waals surface area (Å²) in [4.78, 5) is 4.44. The number of hydrazine groups is 1. The van der Waals surface area contributed by atoms with E-state index in [1.165, 1.54) is 0 Å². The number of benzene rings is 1. The van der Waals surface area contributed by atoms with E-state index in [9.17, 15) is 0 Å². The molecule has 78 valence electrons. The Morgan fingerprint density at radius 2 is 1.93 bits per heavy atom. The van der Waals surface area contributed by atoms with Gasteiger partial charge in [0.1, 0.15) is 5.82 Å². The van der Waals surface area contributed by atoms with Crippen molar-refractivity contribution in [3.63, 3.8) is 0 Å². The summed E-state index contributed by atoms with van der Waals surface area (Å²) in [5.41, 5.74) is 5.87. The molecule has 2 rings (SSSR count). The fourth-order valence-electron chi connectivity index (χ4n) is 1.69. The predicted molar refractivity (Wildman–Crippen MR) is 66.7 cm³/mol. The molecule has 1 heterocycles. The molecule has 3 N–H and O–H groups in total. The van der Waals surface area contributed by atoms with Crippen molar-refractivity contribution in [1.29, 1.82) is 0 Å². The first-order chi connectivity index (χ1) is 7.11. The highest BCUT2D eigenvalue weighted by atomic mass is 79.9. The third kappa shape index (κ3) is 1.82. The fraction of sp³-hybridized carbons (Fsp3) is 0.182. The van der Waals surface area contributed by atoms with Crippen LogP contribution in [0.15, 0.2) is 22.7 Å². The van der Waals surface area contributed by atoms with Gasteiger partial charge >= 0.3 is 0 Å². The zero-order valence-electron chi connectivity index (χ0n) is 8.63. The zero-order chi connectivity index (χ0) is 11.0. The summed E-state index contributed by atoms with van der Waals surface area (Å²) < 4.78 is 1.07. The largest absolute Gasteiger partial charge is 0.308 e. The van der Waals surface area contributed by atoms with Gasteiger partial charge in [0.2, 0.25) is 0 Å². The lowest BCUT2D eigenvalue weighted by atomic mass is 10.1. The lowest BCUT2D eigenvalue weighted by molar-refractivity contribution is 1.24. The number of rotatable bonds is 1. The van der Waals surface area contributed by atoms with Crippen LogP contribution in [0.4, 0.5) is 5.82 Å². The molecule has 1 aromatic carbocycles. The maximum atomic E-state index is 5.37. The van der Waals surface area contributed by atoms with Crippen LogP contribution >= 0.6 is 15.9 Å². The van der Waals surface area contributed by atoms with Gasteiger partial charge in [-0.25, -0.2) is 10.8 Å². The van der Waals surface area contributed by atoms with Gasteiger partial charge in [-0.15, -0.1) is 0 Å². The number of fused-ring (bicyclic) bond motifs is 1. The SMILES string of the molecule is Cc1cc(NN)nc2c(C)cc(Br)cc12. The van der Waals surface area contributed by atoms with E-state index in [0.29, 0.717) is 5.82 Å². The van der Waals surface area contributed by atoms with E-state index in [1.807, 2.05) is 13.0 Å². The summed E-state index contributed by atoms with van der Waals surface area (Å²) in [6, 6.07) is 6.06. The van der Waals surface area contributed by atoms with Crippen molar-refractivity contribution in [3.05, 3.63) is 33.8 Å². The second-order valence-electron chi connectivity index (χ2n) is 3.59. The van der Waals surface area contributed by atoms with Gasteiger partial charge in [-0.3, -0.25) is 0 Å². The smallest absolute Gasteiger partial charge is 0.140 e. The second kappa shape index (κ2) is 3.79. The number of pyridine rings is 1. The van der Waals surface area contributed by atoms with Gasteiger partial charge in [-0.2, -0.15) is 0 Å². The van der Waals surface area contributed by atoms with Crippen LogP contribution in [0.1, 0.15) is 11.1 Å². The average molecular weight is 266 g/mol. The Kier molecular flexibility index (Phi) is 2.63. The molecule has 0 unspecified atom stereocenters. The number of nitrogens with one attached hydrogen (secondary N) is 1. The number of hydrogen-bond donors (Lipinski definition) is 2. The molecule has 0 aliphatic carbocycles. The highest BCUT2D eigenvalue weighted by Gasteiger charge is 2.05. The minimum absolute atomic E-state index is 0.699. The summed E-state index contributed by atoms with van der Waals surface area (Å²) >= 11 is 3.48. The van der Waals surface area contributed by atoms with Gasteiger partial charge in [-0.05, 0) is 43.2 Å². The average Bonchev–Trinajstić information content (AvgIpc) is 2.19. The van der Waals surface area contributed by atoms with Gasteiger partial charge in [-0.1, -0.05) is 15.9 Å². The lowest BCUT2D eigenvalue weighted by Crippen LogP contribution is -2.09. The fourth-order valence-corrected chi connectivity index (χ4v) is 2.27. The van der Waals surface area contributed by atoms with Gasteiger partial charge in [0, 0.05) is 9.86 Å². The minimum atomic E-state index is 0.699. The molecule has 0 aliphatic heterocycles. The van der Waals surface area contributed by atoms with E-state index in [1.54, 1.807) is 0 Å². The van der Waals surface area contributed by atoms with Gasteiger partial charge < -0.3 is 5.43 Å². The Labute approximate surface area is 96.8 Å². The number of nitrogen functional groups attached to an aromatic ring is 1. The predicted octanol–water partition coefficient (Wildman–Crippen LogP) is 2.90. The van der Waals surface area contributed by atoms with Crippen molar-refractivity contribution < 1.29 is 0 Å². The normalized spacial score (nSPS) is 10.7. The van der Waals surface area contributed by atoms with E-state index < -0.39 is 0 Å². The van der Waals surface area contributed by atoms with E-state index in [0.717, 1.165) is 26.5 Å². The number of aromatic nitrogens is 1. The maximum Gasteiger partial charge on any atom is 0.140 e. The molecule has 0 atom stereocenters. The number of halogens is 1. The molecule has 4 heteroatoms. The molecular formula is C11H12BrN3. The van der Waals surface area contributed by atoms with Crippen LogP contribution in [0.25, 0.3) is 10.9 Å². The number of hydrogen-bond acceptors (Lipinski definition) is 3. The molecule has 0 bridgehead atoms. The first-order valence-electron chi connectivity index (χ1n) is 4.66. The molecular weight excluding hydrogens is 254 g/mol. The monoisotopic (exact) mass is 265 g/mol. The molecule has 2 aromatic rings. The second-order valence-corrected chi connectivity index (χ2v) is 4.50. The molecule has 0 radical (unpaired) electrons. The highest BCUT2D eigenvalue weighted by Crippen LogP contribution is 2.26. The van der Waals surface area contributed by atoms with E-state index in [-0.39, 0.29) is 0 Å². The molecule has 0 amide bonds. The molecule has 3 nitrogen and oxygen atoms in total. The van der Waals surface area contributed by atoms with Gasteiger partial charge in [0.25, 0.3) is 0 Å². The first kappa shape index (κ1) is 10.4. The van der Waals surface area contributed by atoms with Crippen LogP contribution in [-0.4, -0.2) is 4.98 Å². The van der Waals surface area contributed by atoms with Crippen LogP contribution in [-0.2, 0) is 0 Å². The molecule has 0 aliphatic rings. The molecule has 0 spiro atoms. The van der Waals surface area contributed by atoms with Crippen molar-refractivity contribution >= 4 is 32.7 Å². The summed E-state index contributed by atoms with van der Waals surface area (Å²) in [5.74, 6) is 6.07. The number of nitrogens with two attached hydrogens (primary N) is 1. The molecule has 0 fully saturated rings. The van der Waals surface area contributed by atoms with Crippen molar-refractivity contribution in [2.24, 2.45) is 5.84 Å². The van der Waals surface area contributed by atoms with Crippen molar-refractivity contribution in [3.8, 4) is 0 Å². The van der Waals surface area contributed by atoms with E-state index >= 15 is 0 Å². The van der Waals surface area contributed by atoms with Gasteiger partial charge in [0.05, 0.1) is 5.52 Å². The Bertz CT molecular complexity index is 523. The Hall–Kier alpha value is -1.13. The van der Waals surface area contributed by atoms with Crippen molar-refractivity contribution in [2.45, 2.75) is 13.8 Å². The number of nitrogens with zero attached hydrogens (tertiary/aromatic N) is 1. The molecule has 1 aromatic heterocycles. The standard InChI is InChI=1S/C11H12BrN3/c1-6-4-10(15-13)14-11-7(2)3-8(12)5-9(6)11/h3-5H,13H2,1-2H3,(H,14,15). The van der Waals surface area contributed by atoms with Crippen LogP contribution in [0.3, 0.4) is 0 Å². The lowest BCUT2D eigenvalue weighted by Gasteiger charge is -2.08. The highest BCUT2D eigenvalue weighted by molar-refractivity contribution is 9.10. The molecule has 15 heavy (non-hydrogen) atoms. The third-order valence-electron chi connectivity index (χ3n) is 2.42. The quantitative estimate of drug-likeness (QED) is 0.616. The zero-order valence-corrected chi connectivity index (χ0v) is 10.2. The minimum Gasteiger partial charge on any atom is -0.308 e. The number of anilines is 1. The van der Waals surface area contributed by atoms with Crippen molar-refractivity contribution in [1.82, 2.24) is 4.98 Å². The first-order valence-corrected chi connectivity index (χ1v) is 5.45. The maximum absolute atomic E-state index is 5.37. The van der Waals surface area contributed by atoms with Crippen LogP contribution < -0.4 is 11.3 Å². The summed E-state index contributed by atoms with van der Waals surface area (Å²) in [7, 11) is 0. The Morgan fingerprint density at radius 1 is 1.20 bits per heavy atom. The molecule has 0 saturated heterocycles. The van der Waals surface area contributed by atoms with Crippen molar-refractivity contribution in [2.75, 3.05) is 5.43 Å². The van der Waals surface area contributed by atoms with Gasteiger partial charge in [0.15, 0.2) is 0 Å². The molecule has 0 saturated carbocycles.